The molecule has 0 bridgehead atoms. The Balaban J connectivity index is 0.000000271. The Morgan fingerprint density at radius 1 is 0.957 bits per heavy atom. The molecule has 0 heterocycles. The molecule has 0 unspecified atom stereocenters. The van der Waals surface area contributed by atoms with Crippen LogP contribution in [0.1, 0.15) is 56.8 Å². The van der Waals surface area contributed by atoms with E-state index in [-0.39, 0.29) is 25.7 Å². The Labute approximate surface area is 135 Å². The average Bonchev–Trinajstić information content (AvgIpc) is 3.34. The van der Waals surface area contributed by atoms with Crippen molar-refractivity contribution >= 4 is 5.97 Å². The van der Waals surface area contributed by atoms with E-state index in [9.17, 15) is 31.1 Å². The fraction of sp³-hybridized carbons (Fsp3) is 0.929. The number of carboxylic acids is 1. The lowest BCUT2D eigenvalue weighted by Crippen LogP contribution is -2.25. The molecular formula is C14H20F6O3. The maximum absolute atomic E-state index is 12.3. The number of aliphatic carboxylic acids is 1. The minimum absolute atomic E-state index is 0.0178. The first-order chi connectivity index (χ1) is 11.8. The van der Waals surface area contributed by atoms with E-state index in [0.29, 0.717) is 0 Å². The van der Waals surface area contributed by atoms with Gasteiger partial charge in [0.2, 0.25) is 0 Å². The number of carbonyl (C=O) groups is 1. The molecule has 2 aliphatic rings. The zero-order valence-electron chi connectivity index (χ0n) is 16.0. The second-order valence-electron chi connectivity index (χ2n) is 5.80. The predicted molar refractivity (Wildman–Crippen MR) is 68.6 cm³/mol. The summed E-state index contributed by atoms with van der Waals surface area (Å²) >= 11 is 0. The first kappa shape index (κ1) is 14.4. The van der Waals surface area contributed by atoms with Gasteiger partial charge in [0, 0.05) is 18.5 Å². The number of halogens is 6. The molecule has 0 aromatic heterocycles. The van der Waals surface area contributed by atoms with Crippen molar-refractivity contribution in [2.45, 2.75) is 63.6 Å². The summed E-state index contributed by atoms with van der Waals surface area (Å²) in [5, 5.41) is 16.9. The van der Waals surface area contributed by atoms with Gasteiger partial charge in [0.15, 0.2) is 0 Å². The normalized spacial score (nSPS) is 25.0. The minimum atomic E-state index is -4.50. The van der Waals surface area contributed by atoms with Crippen molar-refractivity contribution in [3.8, 4) is 0 Å². The van der Waals surface area contributed by atoms with Crippen LogP contribution in [0.15, 0.2) is 0 Å². The van der Waals surface area contributed by atoms with Crippen molar-refractivity contribution in [1.29, 1.82) is 0 Å². The zero-order valence-corrected chi connectivity index (χ0v) is 12.0. The molecule has 2 saturated carbocycles. The number of hydrogen-bond acceptors (Lipinski definition) is 2. The third-order valence-electron chi connectivity index (χ3n) is 4.06. The van der Waals surface area contributed by atoms with Crippen molar-refractivity contribution in [3.05, 3.63) is 0 Å². The van der Waals surface area contributed by atoms with E-state index in [4.69, 9.17) is 15.7 Å². The summed E-state index contributed by atoms with van der Waals surface area (Å²) in [5.74, 6) is -1.84. The summed E-state index contributed by atoms with van der Waals surface area (Å²) in [7, 11) is 0. The Morgan fingerprint density at radius 2 is 1.35 bits per heavy atom. The molecule has 136 valence electrons. The van der Waals surface area contributed by atoms with Gasteiger partial charge < -0.3 is 10.2 Å². The molecule has 23 heavy (non-hydrogen) atoms. The van der Waals surface area contributed by atoms with Crippen LogP contribution >= 0.6 is 0 Å². The van der Waals surface area contributed by atoms with E-state index in [1.54, 1.807) is 0 Å². The van der Waals surface area contributed by atoms with Gasteiger partial charge in [0.25, 0.3) is 0 Å². The molecule has 2 aliphatic carbocycles. The lowest BCUT2D eigenvalue weighted by Gasteiger charge is -2.17. The van der Waals surface area contributed by atoms with Crippen molar-refractivity contribution < 1.29 is 46.8 Å². The fourth-order valence-corrected chi connectivity index (χ4v) is 1.96. The highest BCUT2D eigenvalue weighted by Crippen LogP contribution is 2.61. The molecule has 3 nitrogen and oxygen atoms in total. The summed E-state index contributed by atoms with van der Waals surface area (Å²) in [4.78, 5) is 10.3. The van der Waals surface area contributed by atoms with E-state index >= 15 is 0 Å². The highest BCUT2D eigenvalue weighted by atomic mass is 19.4. The van der Waals surface area contributed by atoms with E-state index in [2.05, 4.69) is 0 Å². The van der Waals surface area contributed by atoms with Gasteiger partial charge in [0.05, 0.1) is 10.8 Å². The second kappa shape index (κ2) is 6.86. The standard InChI is InChI=1S/C7H9F3O2.C7H11F3O/c8-7(9,10)6(3-4-6)2-1-5(11)12;8-7(9,10)6(3-4-6)2-1-5-11/h1-4H2,(H,11,12);11H,1-5H2/i2*1D2. The van der Waals surface area contributed by atoms with Crippen LogP contribution < -0.4 is 0 Å². The number of rotatable bonds is 6. The third-order valence-corrected chi connectivity index (χ3v) is 4.06. The van der Waals surface area contributed by atoms with E-state index in [1.807, 2.05) is 0 Å². The van der Waals surface area contributed by atoms with Gasteiger partial charge in [-0.05, 0) is 44.9 Å². The largest absolute Gasteiger partial charge is 0.481 e. The molecule has 2 rings (SSSR count). The van der Waals surface area contributed by atoms with Crippen LogP contribution in [0.5, 0.6) is 0 Å². The topological polar surface area (TPSA) is 57.5 Å². The van der Waals surface area contributed by atoms with Crippen molar-refractivity contribution in [2.75, 3.05) is 6.61 Å². The van der Waals surface area contributed by atoms with Crippen molar-refractivity contribution in [2.24, 2.45) is 10.8 Å². The number of alkyl halides is 6. The minimum Gasteiger partial charge on any atom is -0.481 e. The van der Waals surface area contributed by atoms with Crippen LogP contribution in [0, 0.1) is 10.8 Å². The molecule has 9 heteroatoms. The quantitative estimate of drug-likeness (QED) is 0.700. The van der Waals surface area contributed by atoms with E-state index in [0.717, 1.165) is 0 Å². The first-order valence-electron chi connectivity index (χ1n) is 8.81. The van der Waals surface area contributed by atoms with Gasteiger partial charge >= 0.3 is 18.3 Å². The molecule has 0 aromatic rings. The molecule has 0 saturated heterocycles. The van der Waals surface area contributed by atoms with Crippen molar-refractivity contribution in [1.82, 2.24) is 0 Å². The number of aliphatic hydroxyl groups excluding tert-OH is 1. The average molecular weight is 354 g/mol. The fourth-order valence-electron chi connectivity index (χ4n) is 1.96. The summed E-state index contributed by atoms with van der Waals surface area (Å²) < 4.78 is 102. The maximum Gasteiger partial charge on any atom is 0.394 e. The lowest BCUT2D eigenvalue weighted by atomic mass is 10.00. The summed E-state index contributed by atoms with van der Waals surface area (Å²) in [6.45, 7) is -0.856. The monoisotopic (exact) mass is 354 g/mol. The first-order valence-corrected chi connectivity index (χ1v) is 6.81. The molecular weight excluding hydrogens is 330 g/mol. The lowest BCUT2D eigenvalue weighted by molar-refractivity contribution is -0.190. The molecule has 0 spiro atoms. The van der Waals surface area contributed by atoms with Crippen LogP contribution in [0.3, 0.4) is 0 Å². The SMILES string of the molecule is [2H]C([2H])(CC1(C(F)(F)F)CC1)C(=O)O.[2H]C([2H])(CO)CC1(C(F)(F)F)CC1. The van der Waals surface area contributed by atoms with Crippen LogP contribution in [0.25, 0.3) is 0 Å². The molecule has 0 atom stereocenters. The van der Waals surface area contributed by atoms with Crippen LogP contribution in [-0.4, -0.2) is 35.1 Å². The maximum atomic E-state index is 12.3. The number of hydrogen-bond donors (Lipinski definition) is 2. The molecule has 0 aromatic carbocycles. The van der Waals surface area contributed by atoms with Gasteiger partial charge in [-0.1, -0.05) is 0 Å². The van der Waals surface area contributed by atoms with Crippen LogP contribution in [0.4, 0.5) is 26.3 Å². The van der Waals surface area contributed by atoms with Gasteiger partial charge in [-0.3, -0.25) is 4.79 Å². The third kappa shape index (κ3) is 5.26. The smallest absolute Gasteiger partial charge is 0.394 e. The number of carboxylic acid groups (broad SMARTS) is 1. The second-order valence-corrected chi connectivity index (χ2v) is 5.80. The predicted octanol–water partition coefficient (Wildman–Crippen LogP) is 4.30. The summed E-state index contributed by atoms with van der Waals surface area (Å²) in [6, 6.07) is 0. The van der Waals surface area contributed by atoms with Crippen molar-refractivity contribution in [3.63, 3.8) is 0 Å². The van der Waals surface area contributed by atoms with E-state index in [1.165, 1.54) is 0 Å². The van der Waals surface area contributed by atoms with Crippen LogP contribution in [0.2, 0.25) is 0 Å². The van der Waals surface area contributed by atoms with E-state index < -0.39 is 61.3 Å². The Bertz CT molecular complexity index is 554. The highest BCUT2D eigenvalue weighted by Gasteiger charge is 2.63. The Hall–Kier alpha value is -0.990. The van der Waals surface area contributed by atoms with Gasteiger partial charge in [-0.15, -0.1) is 0 Å². The van der Waals surface area contributed by atoms with Crippen LogP contribution in [-0.2, 0) is 4.79 Å². The zero-order chi connectivity index (χ0) is 21.5. The summed E-state index contributed by atoms with van der Waals surface area (Å²) in [6.07, 6.45) is -15.8. The van der Waals surface area contributed by atoms with Gasteiger partial charge in [0.1, 0.15) is 0 Å². The molecule has 0 radical (unpaired) electrons. The van der Waals surface area contributed by atoms with Gasteiger partial charge in [-0.25, -0.2) is 0 Å². The molecule has 0 aliphatic heterocycles. The van der Waals surface area contributed by atoms with Gasteiger partial charge in [-0.2, -0.15) is 26.3 Å². The number of aliphatic hydroxyl groups is 1. The molecule has 0 amide bonds. The summed E-state index contributed by atoms with van der Waals surface area (Å²) in [5.41, 5.74) is -3.96. The molecule has 2 fully saturated rings. The molecule has 2 N–H and O–H groups in total. The Kier molecular flexibility index (Phi) is 4.29. The Morgan fingerprint density at radius 3 is 1.61 bits per heavy atom. The highest BCUT2D eigenvalue weighted by molar-refractivity contribution is 5.66.